The van der Waals surface area contributed by atoms with Gasteiger partial charge in [0.05, 0.1) is 32.0 Å². The third-order valence-electron chi connectivity index (χ3n) is 6.27. The second-order valence-corrected chi connectivity index (χ2v) is 8.58. The molecule has 1 unspecified atom stereocenters. The van der Waals surface area contributed by atoms with E-state index in [2.05, 4.69) is 10.1 Å². The van der Waals surface area contributed by atoms with Gasteiger partial charge < -0.3 is 19.1 Å². The van der Waals surface area contributed by atoms with Gasteiger partial charge in [-0.25, -0.2) is 0 Å². The number of rotatable bonds is 4. The SMILES string of the molecule is Cc1noc(C)c1CN1CC2(COCCN(CC(=O)N3CCCC3)C2)CC1=O. The van der Waals surface area contributed by atoms with Gasteiger partial charge in [0.15, 0.2) is 0 Å². The van der Waals surface area contributed by atoms with Crippen LogP contribution in [0.5, 0.6) is 0 Å². The molecule has 3 saturated heterocycles. The summed E-state index contributed by atoms with van der Waals surface area (Å²) in [6, 6.07) is 0. The number of likely N-dealkylation sites (tertiary alicyclic amines) is 2. The van der Waals surface area contributed by atoms with Crippen LogP contribution in [0.4, 0.5) is 0 Å². The molecular weight excluding hydrogens is 360 g/mol. The number of carbonyl (C=O) groups excluding carboxylic acids is 2. The third kappa shape index (κ3) is 3.93. The standard InChI is InChI=1S/C20H30N4O4/c1-15-17(16(2)28-21-15)10-24-13-20(9-18(24)25)12-22(7-8-27-14-20)11-19(26)23-5-3-4-6-23/h3-14H2,1-2H3. The van der Waals surface area contributed by atoms with Gasteiger partial charge in [-0.1, -0.05) is 5.16 Å². The number of nitrogens with zero attached hydrogens (tertiary/aromatic N) is 4. The summed E-state index contributed by atoms with van der Waals surface area (Å²) in [6.45, 7) is 9.74. The Kier molecular flexibility index (Phi) is 5.42. The first-order chi connectivity index (χ1) is 13.5. The fourth-order valence-electron chi connectivity index (χ4n) is 4.72. The lowest BCUT2D eigenvalue weighted by molar-refractivity contribution is -0.131. The number of aromatic nitrogens is 1. The fraction of sp³-hybridized carbons (Fsp3) is 0.750. The highest BCUT2D eigenvalue weighted by atomic mass is 16.5. The zero-order valence-corrected chi connectivity index (χ0v) is 16.9. The van der Waals surface area contributed by atoms with Gasteiger partial charge in [0.1, 0.15) is 5.76 Å². The number of hydrogen-bond donors (Lipinski definition) is 0. The monoisotopic (exact) mass is 390 g/mol. The molecule has 2 amide bonds. The molecule has 28 heavy (non-hydrogen) atoms. The minimum Gasteiger partial charge on any atom is -0.379 e. The van der Waals surface area contributed by atoms with Gasteiger partial charge in [-0.15, -0.1) is 0 Å². The Morgan fingerprint density at radius 2 is 1.96 bits per heavy atom. The highest BCUT2D eigenvalue weighted by Gasteiger charge is 2.46. The maximum absolute atomic E-state index is 12.8. The van der Waals surface area contributed by atoms with Gasteiger partial charge >= 0.3 is 0 Å². The Hall–Kier alpha value is -1.93. The Morgan fingerprint density at radius 3 is 2.68 bits per heavy atom. The maximum Gasteiger partial charge on any atom is 0.236 e. The lowest BCUT2D eigenvalue weighted by atomic mass is 9.87. The fourth-order valence-corrected chi connectivity index (χ4v) is 4.72. The Morgan fingerprint density at radius 1 is 1.18 bits per heavy atom. The molecule has 0 bridgehead atoms. The molecular formula is C20H30N4O4. The van der Waals surface area contributed by atoms with E-state index in [-0.39, 0.29) is 17.2 Å². The number of aryl methyl sites for hydroxylation is 2. The van der Waals surface area contributed by atoms with Gasteiger partial charge in [0.25, 0.3) is 0 Å². The van der Waals surface area contributed by atoms with Crippen LogP contribution in [0.1, 0.15) is 36.3 Å². The summed E-state index contributed by atoms with van der Waals surface area (Å²) >= 11 is 0. The third-order valence-corrected chi connectivity index (χ3v) is 6.27. The zero-order valence-electron chi connectivity index (χ0n) is 16.9. The second-order valence-electron chi connectivity index (χ2n) is 8.58. The van der Waals surface area contributed by atoms with E-state index in [1.807, 2.05) is 23.6 Å². The predicted molar refractivity (Wildman–Crippen MR) is 102 cm³/mol. The average Bonchev–Trinajstić information content (AvgIpc) is 3.33. The van der Waals surface area contributed by atoms with Crippen LogP contribution in [0.15, 0.2) is 4.52 Å². The highest BCUT2D eigenvalue weighted by molar-refractivity contribution is 5.80. The molecule has 1 spiro atoms. The van der Waals surface area contributed by atoms with E-state index < -0.39 is 0 Å². The first kappa shape index (κ1) is 19.4. The van der Waals surface area contributed by atoms with Crippen LogP contribution in [0.3, 0.4) is 0 Å². The summed E-state index contributed by atoms with van der Waals surface area (Å²) in [6.07, 6.45) is 2.67. The lowest BCUT2D eigenvalue weighted by Gasteiger charge is -2.31. The van der Waals surface area contributed by atoms with E-state index in [1.54, 1.807) is 0 Å². The topological polar surface area (TPSA) is 79.1 Å². The first-order valence-corrected chi connectivity index (χ1v) is 10.2. The average molecular weight is 390 g/mol. The van der Waals surface area contributed by atoms with Crippen LogP contribution in [-0.2, 0) is 20.9 Å². The zero-order chi connectivity index (χ0) is 19.7. The van der Waals surface area contributed by atoms with E-state index in [1.165, 1.54) is 0 Å². The molecule has 8 heteroatoms. The molecule has 0 N–H and O–H groups in total. The van der Waals surface area contributed by atoms with Gasteiger partial charge in [0, 0.05) is 50.1 Å². The molecule has 8 nitrogen and oxygen atoms in total. The number of hydrogen-bond acceptors (Lipinski definition) is 6. The quantitative estimate of drug-likeness (QED) is 0.762. The van der Waals surface area contributed by atoms with Crippen LogP contribution in [0.25, 0.3) is 0 Å². The smallest absolute Gasteiger partial charge is 0.236 e. The van der Waals surface area contributed by atoms with Crippen molar-refractivity contribution in [2.45, 2.75) is 39.7 Å². The molecule has 0 aliphatic carbocycles. The largest absolute Gasteiger partial charge is 0.379 e. The van der Waals surface area contributed by atoms with Gasteiger partial charge in [-0.2, -0.15) is 0 Å². The summed E-state index contributed by atoms with van der Waals surface area (Å²) in [7, 11) is 0. The van der Waals surface area contributed by atoms with Crippen molar-refractivity contribution in [3.8, 4) is 0 Å². The Labute approximate surface area is 165 Å². The van der Waals surface area contributed by atoms with Crippen molar-refractivity contribution in [3.05, 3.63) is 17.0 Å². The molecule has 3 aliphatic rings. The van der Waals surface area contributed by atoms with Crippen molar-refractivity contribution in [3.63, 3.8) is 0 Å². The van der Waals surface area contributed by atoms with Crippen LogP contribution in [0.2, 0.25) is 0 Å². The molecule has 3 aliphatic heterocycles. The van der Waals surface area contributed by atoms with Gasteiger partial charge in [-0.3, -0.25) is 14.5 Å². The summed E-state index contributed by atoms with van der Waals surface area (Å²) in [4.78, 5) is 31.4. The summed E-state index contributed by atoms with van der Waals surface area (Å²) in [5, 5.41) is 4.00. The van der Waals surface area contributed by atoms with Crippen LogP contribution >= 0.6 is 0 Å². The summed E-state index contributed by atoms with van der Waals surface area (Å²) < 4.78 is 11.1. The van der Waals surface area contributed by atoms with E-state index >= 15 is 0 Å². The molecule has 0 saturated carbocycles. The Bertz CT molecular complexity index is 723. The van der Waals surface area contributed by atoms with E-state index in [0.29, 0.717) is 39.3 Å². The van der Waals surface area contributed by atoms with Crippen LogP contribution < -0.4 is 0 Å². The number of ether oxygens (including phenoxy) is 1. The van der Waals surface area contributed by atoms with Crippen LogP contribution in [0, 0.1) is 19.3 Å². The molecule has 1 atom stereocenters. The molecule has 0 aromatic carbocycles. The van der Waals surface area contributed by atoms with E-state index in [4.69, 9.17) is 9.26 Å². The maximum atomic E-state index is 12.8. The normalized spacial score (nSPS) is 26.4. The lowest BCUT2D eigenvalue weighted by Crippen LogP contribution is -2.45. The molecule has 154 valence electrons. The summed E-state index contributed by atoms with van der Waals surface area (Å²) in [5.41, 5.74) is 1.57. The van der Waals surface area contributed by atoms with Gasteiger partial charge in [0.2, 0.25) is 11.8 Å². The van der Waals surface area contributed by atoms with Crippen LogP contribution in [-0.4, -0.2) is 84.2 Å². The predicted octanol–water partition coefficient (Wildman–Crippen LogP) is 0.965. The minimum absolute atomic E-state index is 0.135. The number of amides is 2. The van der Waals surface area contributed by atoms with Crippen molar-refractivity contribution >= 4 is 11.8 Å². The van der Waals surface area contributed by atoms with Crippen molar-refractivity contribution < 1.29 is 18.8 Å². The molecule has 4 rings (SSSR count). The second kappa shape index (κ2) is 7.83. The molecule has 1 aromatic heterocycles. The molecule has 3 fully saturated rings. The molecule has 1 aromatic rings. The van der Waals surface area contributed by atoms with Crippen molar-refractivity contribution in [2.75, 3.05) is 52.5 Å². The van der Waals surface area contributed by atoms with E-state index in [0.717, 1.165) is 56.0 Å². The molecule has 0 radical (unpaired) electrons. The van der Waals surface area contributed by atoms with Crippen molar-refractivity contribution in [1.82, 2.24) is 19.9 Å². The number of carbonyl (C=O) groups is 2. The first-order valence-electron chi connectivity index (χ1n) is 10.2. The van der Waals surface area contributed by atoms with Crippen molar-refractivity contribution in [2.24, 2.45) is 5.41 Å². The van der Waals surface area contributed by atoms with E-state index in [9.17, 15) is 9.59 Å². The van der Waals surface area contributed by atoms with Gasteiger partial charge in [-0.05, 0) is 26.7 Å². The summed E-state index contributed by atoms with van der Waals surface area (Å²) in [5.74, 6) is 1.10. The van der Waals surface area contributed by atoms with Crippen molar-refractivity contribution in [1.29, 1.82) is 0 Å². The Balaban J connectivity index is 1.42. The highest BCUT2D eigenvalue weighted by Crippen LogP contribution is 2.35. The minimum atomic E-state index is -0.252. The molecule has 4 heterocycles.